The Bertz CT molecular complexity index is 594. The third kappa shape index (κ3) is 2.59. The highest BCUT2D eigenvalue weighted by Crippen LogP contribution is 2.44. The Kier molecular flexibility index (Phi) is 4.76. The quantitative estimate of drug-likeness (QED) is 0.677. The van der Waals surface area contributed by atoms with Crippen LogP contribution in [-0.4, -0.2) is 14.2 Å². The normalized spacial score (nSPS) is 10.5. The molecule has 0 radical (unpaired) electrons. The summed E-state index contributed by atoms with van der Waals surface area (Å²) in [5.41, 5.74) is 4.36. The van der Waals surface area contributed by atoms with Crippen molar-refractivity contribution in [3.05, 3.63) is 44.3 Å². The number of hydrogen-bond donors (Lipinski definition) is 0. The van der Waals surface area contributed by atoms with Crippen LogP contribution in [0, 0.1) is 13.8 Å². The van der Waals surface area contributed by atoms with Gasteiger partial charge in [-0.25, -0.2) is 0 Å². The van der Waals surface area contributed by atoms with E-state index < -0.39 is 0 Å². The van der Waals surface area contributed by atoms with E-state index in [-0.39, 0.29) is 0 Å². The molecule has 0 amide bonds. The van der Waals surface area contributed by atoms with Crippen LogP contribution in [0.2, 0.25) is 0 Å². The molecule has 2 rings (SSSR count). The summed E-state index contributed by atoms with van der Waals surface area (Å²) in [5, 5.41) is 0. The van der Waals surface area contributed by atoms with Gasteiger partial charge in [0.1, 0.15) is 11.5 Å². The third-order valence-electron chi connectivity index (χ3n) is 3.41. The molecule has 2 nitrogen and oxygen atoms in total. The summed E-state index contributed by atoms with van der Waals surface area (Å²) in [7, 11) is 3.37. The van der Waals surface area contributed by atoms with Crippen LogP contribution in [0.3, 0.4) is 0 Å². The summed E-state index contributed by atoms with van der Waals surface area (Å²) in [6, 6.07) is 7.92. The zero-order valence-electron chi connectivity index (χ0n) is 11.9. The molecule has 4 heteroatoms. The molecule has 0 aromatic heterocycles. The maximum Gasteiger partial charge on any atom is 0.127 e. The molecule has 0 fully saturated rings. The van der Waals surface area contributed by atoms with Gasteiger partial charge in [-0.15, -0.1) is 0 Å². The van der Waals surface area contributed by atoms with Crippen molar-refractivity contribution in [1.82, 2.24) is 0 Å². The Morgan fingerprint density at radius 1 is 0.700 bits per heavy atom. The van der Waals surface area contributed by atoms with E-state index in [1.807, 2.05) is 24.3 Å². The van der Waals surface area contributed by atoms with Crippen molar-refractivity contribution in [3.63, 3.8) is 0 Å². The lowest BCUT2D eigenvalue weighted by atomic mass is 9.94. The summed E-state index contributed by atoms with van der Waals surface area (Å²) in [5.74, 6) is 1.68. The van der Waals surface area contributed by atoms with Crippen LogP contribution in [-0.2, 0) is 0 Å². The minimum atomic E-state index is 0.838. The van der Waals surface area contributed by atoms with Gasteiger partial charge in [0.2, 0.25) is 0 Å². The Morgan fingerprint density at radius 3 is 1.35 bits per heavy atom. The van der Waals surface area contributed by atoms with Crippen molar-refractivity contribution in [2.45, 2.75) is 13.8 Å². The highest BCUT2D eigenvalue weighted by Gasteiger charge is 2.19. The number of hydrogen-bond acceptors (Lipinski definition) is 2. The van der Waals surface area contributed by atoms with E-state index in [0.717, 1.165) is 42.7 Å². The zero-order chi connectivity index (χ0) is 14.9. The summed E-state index contributed by atoms with van der Waals surface area (Å²) >= 11 is 7.18. The van der Waals surface area contributed by atoms with Crippen molar-refractivity contribution in [1.29, 1.82) is 0 Å². The summed E-state index contributed by atoms with van der Waals surface area (Å²) in [6.45, 7) is 4.14. The molecular weight excluding hydrogens is 384 g/mol. The molecule has 0 unspecified atom stereocenters. The second kappa shape index (κ2) is 6.19. The van der Waals surface area contributed by atoms with Gasteiger partial charge in [0.25, 0.3) is 0 Å². The lowest BCUT2D eigenvalue weighted by Crippen LogP contribution is -1.97. The molecule has 2 aromatic carbocycles. The van der Waals surface area contributed by atoms with E-state index in [4.69, 9.17) is 9.47 Å². The van der Waals surface area contributed by atoms with Crippen molar-refractivity contribution >= 4 is 31.9 Å². The first-order chi connectivity index (χ1) is 9.51. The van der Waals surface area contributed by atoms with E-state index in [1.165, 1.54) is 0 Å². The molecule has 20 heavy (non-hydrogen) atoms. The molecule has 0 spiro atoms. The van der Waals surface area contributed by atoms with Crippen LogP contribution in [0.25, 0.3) is 11.1 Å². The van der Waals surface area contributed by atoms with Gasteiger partial charge in [0.05, 0.1) is 14.2 Å². The third-order valence-corrected chi connectivity index (χ3v) is 5.13. The molecule has 0 saturated carbocycles. The predicted molar refractivity (Wildman–Crippen MR) is 89.9 cm³/mol. The Morgan fingerprint density at radius 2 is 1.05 bits per heavy atom. The summed E-state index contributed by atoms with van der Waals surface area (Å²) < 4.78 is 13.2. The maximum absolute atomic E-state index is 5.54. The first-order valence-electron chi connectivity index (χ1n) is 6.17. The van der Waals surface area contributed by atoms with E-state index >= 15 is 0 Å². The minimum absolute atomic E-state index is 0.838. The van der Waals surface area contributed by atoms with Gasteiger partial charge in [-0.2, -0.15) is 0 Å². The molecule has 106 valence electrons. The first kappa shape index (κ1) is 15.4. The van der Waals surface area contributed by atoms with E-state index in [0.29, 0.717) is 0 Å². The number of methoxy groups -OCH3 is 2. The average molecular weight is 400 g/mol. The number of halogens is 2. The van der Waals surface area contributed by atoms with Gasteiger partial charge in [0, 0.05) is 20.1 Å². The Hall–Kier alpha value is -1.00. The lowest BCUT2D eigenvalue weighted by Gasteiger charge is -2.19. The highest BCUT2D eigenvalue weighted by molar-refractivity contribution is 9.10. The van der Waals surface area contributed by atoms with Crippen LogP contribution < -0.4 is 9.47 Å². The van der Waals surface area contributed by atoms with Crippen LogP contribution in [0.5, 0.6) is 11.5 Å². The zero-order valence-corrected chi connectivity index (χ0v) is 15.1. The topological polar surface area (TPSA) is 18.5 Å². The Balaban J connectivity index is 2.87. The molecule has 2 aromatic rings. The van der Waals surface area contributed by atoms with Crippen molar-refractivity contribution in [3.8, 4) is 22.6 Å². The van der Waals surface area contributed by atoms with Crippen LogP contribution in [0.15, 0.2) is 33.2 Å². The van der Waals surface area contributed by atoms with Gasteiger partial charge in [-0.3, -0.25) is 0 Å². The van der Waals surface area contributed by atoms with Crippen LogP contribution >= 0.6 is 31.9 Å². The Labute approximate surface area is 136 Å². The predicted octanol–water partition coefficient (Wildman–Crippen LogP) is 5.51. The molecule has 0 bridgehead atoms. The number of benzene rings is 2. The second-order valence-electron chi connectivity index (χ2n) is 4.50. The number of ether oxygens (including phenoxy) is 2. The van der Waals surface area contributed by atoms with E-state index in [9.17, 15) is 0 Å². The van der Waals surface area contributed by atoms with Gasteiger partial charge in [-0.05, 0) is 49.2 Å². The minimum Gasteiger partial charge on any atom is -0.496 e. The first-order valence-corrected chi connectivity index (χ1v) is 7.76. The largest absolute Gasteiger partial charge is 0.496 e. The summed E-state index contributed by atoms with van der Waals surface area (Å²) in [4.78, 5) is 0. The van der Waals surface area contributed by atoms with Crippen molar-refractivity contribution in [2.75, 3.05) is 14.2 Å². The molecular formula is C16H16Br2O2. The van der Waals surface area contributed by atoms with Gasteiger partial charge in [-0.1, -0.05) is 31.9 Å². The number of rotatable bonds is 3. The van der Waals surface area contributed by atoms with E-state index in [1.54, 1.807) is 14.2 Å². The molecule has 0 N–H and O–H groups in total. The van der Waals surface area contributed by atoms with Crippen molar-refractivity contribution < 1.29 is 9.47 Å². The monoisotopic (exact) mass is 398 g/mol. The summed E-state index contributed by atoms with van der Waals surface area (Å²) in [6.07, 6.45) is 0. The SMILES string of the molecule is COc1ccc(Br)c(C)c1-c1c(OC)ccc(Br)c1C. The fraction of sp³-hybridized carbons (Fsp3) is 0.250. The lowest BCUT2D eigenvalue weighted by molar-refractivity contribution is 0.409. The fourth-order valence-corrected chi connectivity index (χ4v) is 2.95. The van der Waals surface area contributed by atoms with Gasteiger partial charge in [0.15, 0.2) is 0 Å². The van der Waals surface area contributed by atoms with Gasteiger partial charge >= 0.3 is 0 Å². The molecule has 0 atom stereocenters. The van der Waals surface area contributed by atoms with E-state index in [2.05, 4.69) is 45.7 Å². The molecule has 0 aliphatic rings. The molecule has 0 heterocycles. The highest BCUT2D eigenvalue weighted by atomic mass is 79.9. The smallest absolute Gasteiger partial charge is 0.127 e. The maximum atomic E-state index is 5.54. The van der Waals surface area contributed by atoms with Gasteiger partial charge < -0.3 is 9.47 Å². The molecule has 0 saturated heterocycles. The standard InChI is InChI=1S/C16H16Br2O2/c1-9-11(17)5-7-13(19-3)15(9)16-10(2)12(18)6-8-14(16)20-4/h5-8H,1-4H3. The molecule has 0 aliphatic carbocycles. The van der Waals surface area contributed by atoms with Crippen LogP contribution in [0.4, 0.5) is 0 Å². The average Bonchev–Trinajstić information content (AvgIpc) is 2.45. The van der Waals surface area contributed by atoms with Crippen LogP contribution in [0.1, 0.15) is 11.1 Å². The fourth-order valence-electron chi connectivity index (χ4n) is 2.28. The second-order valence-corrected chi connectivity index (χ2v) is 6.21. The van der Waals surface area contributed by atoms with Crippen molar-refractivity contribution in [2.24, 2.45) is 0 Å². The molecule has 0 aliphatic heterocycles.